The Morgan fingerprint density at radius 1 is 0.359 bits per heavy atom. The first-order valence-corrected chi connectivity index (χ1v) is 23.9. The third kappa shape index (κ3) is 17.5. The summed E-state index contributed by atoms with van der Waals surface area (Å²) in [5.74, 6) is 0. The number of amides is 2. The van der Waals surface area contributed by atoms with Crippen molar-refractivity contribution in [1.82, 2.24) is 20.4 Å². The van der Waals surface area contributed by atoms with Crippen molar-refractivity contribution in [2.24, 2.45) is 0 Å². The molecule has 0 aliphatic heterocycles. The standard InChI is InChI=1S/C56H70N4O4/c61-55(63-45-47-23-9-7-10-24-47)59(43-49-31-33-51-27-13-15-29-53(51)41-49)39-21-5-3-19-37-57-35-17-1-2-18-36-58-38-20-4-6-22-40-60(56(62)64-46-48-25-11-8-12-26-48)44-50-32-34-52-28-14-16-30-54(52)42-50/h7-16,23-34,41-42,57-58H,1-6,17-22,35-40,43-46H2. The molecule has 2 N–H and O–H groups in total. The Morgan fingerprint density at radius 2 is 0.703 bits per heavy atom. The lowest BCUT2D eigenvalue weighted by Gasteiger charge is -2.22. The highest BCUT2D eigenvalue weighted by molar-refractivity contribution is 5.84. The van der Waals surface area contributed by atoms with Gasteiger partial charge < -0.3 is 29.9 Å². The highest BCUT2D eigenvalue weighted by Crippen LogP contribution is 2.20. The molecular formula is C56H70N4O4. The van der Waals surface area contributed by atoms with Gasteiger partial charge in [-0.05, 0) is 121 Å². The average molecular weight is 863 g/mol. The second-order valence-electron chi connectivity index (χ2n) is 17.0. The largest absolute Gasteiger partial charge is 0.445 e. The zero-order valence-corrected chi connectivity index (χ0v) is 37.9. The molecule has 0 aliphatic carbocycles. The fourth-order valence-corrected chi connectivity index (χ4v) is 8.12. The normalized spacial score (nSPS) is 11.2. The van der Waals surface area contributed by atoms with Crippen LogP contribution in [0.5, 0.6) is 0 Å². The number of carbonyl (C=O) groups is 2. The maximum absolute atomic E-state index is 13.2. The van der Waals surface area contributed by atoms with Crippen molar-refractivity contribution in [3.05, 3.63) is 168 Å². The quantitative estimate of drug-likeness (QED) is 0.0457. The summed E-state index contributed by atoms with van der Waals surface area (Å²) in [6.07, 6.45) is 13.1. The number of unbranched alkanes of at least 4 members (excludes halogenated alkanes) is 9. The molecule has 0 aromatic heterocycles. The number of fused-ring (bicyclic) bond motifs is 2. The highest BCUT2D eigenvalue weighted by Gasteiger charge is 2.17. The molecule has 8 nitrogen and oxygen atoms in total. The maximum atomic E-state index is 13.2. The van der Waals surface area contributed by atoms with Crippen molar-refractivity contribution in [2.75, 3.05) is 39.3 Å². The van der Waals surface area contributed by atoms with Crippen LogP contribution in [-0.4, -0.2) is 61.3 Å². The van der Waals surface area contributed by atoms with E-state index in [1.807, 2.05) is 70.5 Å². The van der Waals surface area contributed by atoms with Crippen LogP contribution >= 0.6 is 0 Å². The number of hydrogen-bond donors (Lipinski definition) is 2. The van der Waals surface area contributed by atoms with E-state index in [0.717, 1.165) is 99.8 Å². The molecule has 6 aromatic rings. The molecular weight excluding hydrogens is 793 g/mol. The molecule has 6 rings (SSSR count). The Balaban J connectivity index is 0.760. The van der Waals surface area contributed by atoms with Crippen LogP contribution in [-0.2, 0) is 35.8 Å². The van der Waals surface area contributed by atoms with E-state index in [2.05, 4.69) is 95.6 Å². The Morgan fingerprint density at radius 3 is 1.09 bits per heavy atom. The molecule has 0 bridgehead atoms. The predicted octanol–water partition coefficient (Wildman–Crippen LogP) is 12.8. The molecule has 338 valence electrons. The first-order chi connectivity index (χ1) is 31.6. The van der Waals surface area contributed by atoms with Gasteiger partial charge in [0.25, 0.3) is 0 Å². The van der Waals surface area contributed by atoms with Gasteiger partial charge in [-0.2, -0.15) is 0 Å². The highest BCUT2D eigenvalue weighted by atomic mass is 16.6. The Hall–Kier alpha value is -5.70. The first-order valence-electron chi connectivity index (χ1n) is 23.9. The van der Waals surface area contributed by atoms with Gasteiger partial charge in [0, 0.05) is 26.2 Å². The van der Waals surface area contributed by atoms with Gasteiger partial charge in [-0.3, -0.25) is 0 Å². The number of rotatable bonds is 29. The summed E-state index contributed by atoms with van der Waals surface area (Å²) in [5.41, 5.74) is 4.23. The van der Waals surface area contributed by atoms with Gasteiger partial charge in [-0.15, -0.1) is 0 Å². The van der Waals surface area contributed by atoms with Crippen LogP contribution in [0.2, 0.25) is 0 Å². The Bertz CT molecular complexity index is 2070. The number of hydrogen-bond acceptors (Lipinski definition) is 6. The number of nitrogens with one attached hydrogen (secondary N) is 2. The molecule has 6 aromatic carbocycles. The van der Waals surface area contributed by atoms with Crippen LogP contribution in [0, 0.1) is 0 Å². The van der Waals surface area contributed by atoms with Gasteiger partial charge in [-0.25, -0.2) is 9.59 Å². The minimum absolute atomic E-state index is 0.255. The van der Waals surface area contributed by atoms with Gasteiger partial charge in [0.1, 0.15) is 13.2 Å². The first kappa shape index (κ1) is 47.8. The zero-order chi connectivity index (χ0) is 44.3. The molecule has 0 spiro atoms. The van der Waals surface area contributed by atoms with Crippen molar-refractivity contribution in [1.29, 1.82) is 0 Å². The summed E-state index contributed by atoms with van der Waals surface area (Å²) in [4.78, 5) is 30.2. The van der Waals surface area contributed by atoms with Gasteiger partial charge in [0.05, 0.1) is 0 Å². The van der Waals surface area contributed by atoms with Gasteiger partial charge in [0.2, 0.25) is 0 Å². The Labute approximate surface area is 382 Å². The summed E-state index contributed by atoms with van der Waals surface area (Å²) < 4.78 is 11.5. The number of nitrogens with zero attached hydrogens (tertiary/aromatic N) is 2. The molecule has 0 saturated heterocycles. The van der Waals surface area contributed by atoms with Crippen LogP contribution in [0.25, 0.3) is 21.5 Å². The van der Waals surface area contributed by atoms with E-state index in [9.17, 15) is 9.59 Å². The molecule has 0 aliphatic rings. The molecule has 0 saturated carbocycles. The van der Waals surface area contributed by atoms with E-state index < -0.39 is 0 Å². The van der Waals surface area contributed by atoms with Gasteiger partial charge in [-0.1, -0.05) is 172 Å². The lowest BCUT2D eigenvalue weighted by atomic mass is 10.1. The molecule has 0 atom stereocenters. The summed E-state index contributed by atoms with van der Waals surface area (Å²) in [6, 6.07) is 49.3. The van der Waals surface area contributed by atoms with Crippen molar-refractivity contribution in [2.45, 2.75) is 103 Å². The minimum atomic E-state index is -0.255. The molecule has 2 amide bonds. The van der Waals surface area contributed by atoms with Gasteiger partial charge in [0.15, 0.2) is 0 Å². The van der Waals surface area contributed by atoms with Crippen LogP contribution in [0.15, 0.2) is 146 Å². The SMILES string of the molecule is O=C(OCc1ccccc1)N(CCCCCCNCCCCCCNCCCCCCN(Cc1ccc2ccccc2c1)C(=O)OCc1ccccc1)Cc1ccc2ccccc2c1. The molecule has 0 fully saturated rings. The lowest BCUT2D eigenvalue weighted by Crippen LogP contribution is -2.32. The third-order valence-electron chi connectivity index (χ3n) is 11.8. The van der Waals surface area contributed by atoms with Gasteiger partial charge >= 0.3 is 12.2 Å². The summed E-state index contributed by atoms with van der Waals surface area (Å²) in [6.45, 7) is 7.26. The second-order valence-corrected chi connectivity index (χ2v) is 17.0. The summed E-state index contributed by atoms with van der Waals surface area (Å²) in [5, 5.41) is 12.1. The summed E-state index contributed by atoms with van der Waals surface area (Å²) in [7, 11) is 0. The van der Waals surface area contributed by atoms with E-state index in [1.54, 1.807) is 0 Å². The lowest BCUT2D eigenvalue weighted by molar-refractivity contribution is 0.0923. The van der Waals surface area contributed by atoms with Crippen molar-refractivity contribution >= 4 is 33.7 Å². The average Bonchev–Trinajstić information content (AvgIpc) is 3.34. The van der Waals surface area contributed by atoms with E-state index in [1.165, 1.54) is 47.2 Å². The van der Waals surface area contributed by atoms with Crippen LogP contribution in [0.3, 0.4) is 0 Å². The van der Waals surface area contributed by atoms with E-state index in [4.69, 9.17) is 9.47 Å². The zero-order valence-electron chi connectivity index (χ0n) is 37.9. The Kier molecular flexibility index (Phi) is 21.0. The van der Waals surface area contributed by atoms with E-state index >= 15 is 0 Å². The third-order valence-corrected chi connectivity index (χ3v) is 11.8. The van der Waals surface area contributed by atoms with E-state index in [-0.39, 0.29) is 25.4 Å². The molecule has 64 heavy (non-hydrogen) atoms. The molecule has 0 radical (unpaired) electrons. The molecule has 0 unspecified atom stereocenters. The molecule has 0 heterocycles. The van der Waals surface area contributed by atoms with Crippen LogP contribution < -0.4 is 10.6 Å². The fraction of sp³-hybridized carbons (Fsp3) is 0.393. The minimum Gasteiger partial charge on any atom is -0.445 e. The predicted molar refractivity (Wildman–Crippen MR) is 263 cm³/mol. The second kappa shape index (κ2) is 28.2. The monoisotopic (exact) mass is 863 g/mol. The smallest absolute Gasteiger partial charge is 0.410 e. The summed E-state index contributed by atoms with van der Waals surface area (Å²) >= 11 is 0. The van der Waals surface area contributed by atoms with E-state index in [0.29, 0.717) is 26.2 Å². The van der Waals surface area contributed by atoms with Crippen molar-refractivity contribution in [3.63, 3.8) is 0 Å². The fourth-order valence-electron chi connectivity index (χ4n) is 8.12. The molecule has 8 heteroatoms. The number of benzene rings is 6. The van der Waals surface area contributed by atoms with Crippen LogP contribution in [0.1, 0.15) is 99.3 Å². The maximum Gasteiger partial charge on any atom is 0.410 e. The van der Waals surface area contributed by atoms with Crippen LogP contribution in [0.4, 0.5) is 9.59 Å². The number of ether oxygens (including phenoxy) is 2. The van der Waals surface area contributed by atoms with Crippen molar-refractivity contribution < 1.29 is 19.1 Å². The topological polar surface area (TPSA) is 83.1 Å². The van der Waals surface area contributed by atoms with Crippen molar-refractivity contribution in [3.8, 4) is 0 Å². The number of carbonyl (C=O) groups excluding carboxylic acids is 2.